The summed E-state index contributed by atoms with van der Waals surface area (Å²) >= 11 is 0. The van der Waals surface area contributed by atoms with Crippen LogP contribution in [0.1, 0.15) is 35.8 Å². The van der Waals surface area contributed by atoms with E-state index in [4.69, 9.17) is 10.5 Å². The van der Waals surface area contributed by atoms with Gasteiger partial charge in [-0.05, 0) is 32.0 Å². The van der Waals surface area contributed by atoms with Crippen molar-refractivity contribution in [1.82, 2.24) is 5.32 Å². The summed E-state index contributed by atoms with van der Waals surface area (Å²) in [6, 6.07) is 4.52. The van der Waals surface area contributed by atoms with Crippen molar-refractivity contribution in [3.63, 3.8) is 0 Å². The predicted molar refractivity (Wildman–Crippen MR) is 71.8 cm³/mol. The van der Waals surface area contributed by atoms with E-state index in [2.05, 4.69) is 12.4 Å². The zero-order valence-corrected chi connectivity index (χ0v) is 13.0. The van der Waals surface area contributed by atoms with E-state index in [1.54, 1.807) is 32.0 Å². The van der Waals surface area contributed by atoms with Crippen LogP contribution in [0.15, 0.2) is 18.2 Å². The molecule has 0 saturated heterocycles. The molecule has 0 aromatic heterocycles. The third kappa shape index (κ3) is 3.11. The van der Waals surface area contributed by atoms with Crippen LogP contribution >= 0.6 is 0 Å². The maximum atomic E-state index is 11.8. The zero-order chi connectivity index (χ0) is 14.2. The number of ketones is 1. The van der Waals surface area contributed by atoms with Crippen molar-refractivity contribution in [3.05, 3.63) is 36.4 Å². The number of Topliss-reactive ketones (excluding diaryl/α,β-unsaturated/α-hetero) is 1. The van der Waals surface area contributed by atoms with Crippen LogP contribution < -0.4 is 15.8 Å². The molecule has 1 aromatic carbocycles. The number of hydrogen-bond donors (Lipinski definition) is 3. The standard InChI is InChI=1S/C14H19N2O3.Pd/c1-14(2)13(18)12(15)9-6-8(10(17)7-16-3)4-5-11(9)19-14;/h4-6,12-13,16,18H,3,7,15H2,1-2H3;/q-1;/t12-,13+;/m1./s1. The molecule has 0 unspecified atom stereocenters. The summed E-state index contributed by atoms with van der Waals surface area (Å²) in [4.78, 5) is 11.8. The molecule has 2 atom stereocenters. The summed E-state index contributed by atoms with van der Waals surface area (Å²) < 4.78 is 5.73. The average Bonchev–Trinajstić information content (AvgIpc) is 2.36. The SMILES string of the molecule is [CH2-]NCC(=O)c1ccc2c(c1)[C@@H](N)[C@H](O)C(C)(C)O2.[Pd]. The van der Waals surface area contributed by atoms with Gasteiger partial charge in [-0.1, -0.05) is 0 Å². The molecule has 0 radical (unpaired) electrons. The second-order valence-electron chi connectivity index (χ2n) is 5.28. The monoisotopic (exact) mass is 369 g/mol. The Labute approximate surface area is 132 Å². The first-order valence-corrected chi connectivity index (χ1v) is 6.16. The molecular weight excluding hydrogens is 351 g/mol. The van der Waals surface area contributed by atoms with Gasteiger partial charge in [-0.15, -0.1) is 0 Å². The molecule has 1 aliphatic rings. The Balaban J connectivity index is 0.00000200. The summed E-state index contributed by atoms with van der Waals surface area (Å²) in [5.41, 5.74) is 6.48. The van der Waals surface area contributed by atoms with Gasteiger partial charge in [0.1, 0.15) is 17.5 Å². The van der Waals surface area contributed by atoms with Crippen LogP contribution in [0.2, 0.25) is 0 Å². The van der Waals surface area contributed by atoms with Crippen LogP contribution in [0, 0.1) is 7.05 Å². The van der Waals surface area contributed by atoms with Crippen LogP contribution in [-0.2, 0) is 20.4 Å². The second-order valence-corrected chi connectivity index (χ2v) is 5.28. The van der Waals surface area contributed by atoms with E-state index in [9.17, 15) is 9.90 Å². The molecule has 4 N–H and O–H groups in total. The van der Waals surface area contributed by atoms with Gasteiger partial charge < -0.3 is 20.9 Å². The fourth-order valence-electron chi connectivity index (χ4n) is 2.24. The van der Waals surface area contributed by atoms with Gasteiger partial charge >= 0.3 is 0 Å². The van der Waals surface area contributed by atoms with Crippen LogP contribution in [0.25, 0.3) is 0 Å². The Hall–Kier alpha value is -0.768. The molecule has 0 amide bonds. The molecule has 6 heteroatoms. The first kappa shape index (κ1) is 17.3. The largest absolute Gasteiger partial charge is 0.485 e. The van der Waals surface area contributed by atoms with Gasteiger partial charge in [-0.25, -0.2) is 0 Å². The van der Waals surface area contributed by atoms with Gasteiger partial charge in [-0.2, -0.15) is 0 Å². The van der Waals surface area contributed by atoms with Gasteiger partial charge in [0.2, 0.25) is 0 Å². The van der Waals surface area contributed by atoms with Crippen molar-refractivity contribution in [3.8, 4) is 5.75 Å². The van der Waals surface area contributed by atoms with E-state index in [0.717, 1.165) is 0 Å². The number of aliphatic hydroxyl groups is 1. The van der Waals surface area contributed by atoms with E-state index < -0.39 is 17.7 Å². The number of ether oxygens (including phenoxy) is 1. The molecule has 2 rings (SSSR count). The number of benzene rings is 1. The number of nitrogens with two attached hydrogens (primary N) is 1. The molecular formula is C14H19N2O3Pd-. The topological polar surface area (TPSA) is 84.6 Å². The van der Waals surface area contributed by atoms with Gasteiger partial charge in [0.25, 0.3) is 0 Å². The number of nitrogens with one attached hydrogen (secondary N) is 1. The maximum absolute atomic E-state index is 11.8. The second kappa shape index (κ2) is 6.34. The first-order chi connectivity index (χ1) is 8.86. The Kier molecular flexibility index (Phi) is 5.48. The summed E-state index contributed by atoms with van der Waals surface area (Å²) in [7, 11) is 3.42. The predicted octanol–water partition coefficient (Wildman–Crippen LogP) is 0.780. The third-order valence-corrected chi connectivity index (χ3v) is 3.40. The van der Waals surface area contributed by atoms with E-state index in [-0.39, 0.29) is 32.8 Å². The Morgan fingerprint density at radius 1 is 1.55 bits per heavy atom. The molecule has 0 fully saturated rings. The Bertz CT molecular complexity index is 505. The Morgan fingerprint density at radius 2 is 2.20 bits per heavy atom. The minimum absolute atomic E-state index is 0. The summed E-state index contributed by atoms with van der Waals surface area (Å²) in [5.74, 6) is 0.534. The number of hydrogen-bond acceptors (Lipinski definition) is 5. The Morgan fingerprint density at radius 3 is 2.80 bits per heavy atom. The van der Waals surface area contributed by atoms with Gasteiger partial charge in [-0.3, -0.25) is 11.8 Å². The van der Waals surface area contributed by atoms with E-state index >= 15 is 0 Å². The molecule has 1 aliphatic heterocycles. The molecule has 0 saturated carbocycles. The zero-order valence-electron chi connectivity index (χ0n) is 11.5. The van der Waals surface area contributed by atoms with Crippen molar-refractivity contribution in [2.45, 2.75) is 31.6 Å². The number of rotatable bonds is 3. The van der Waals surface area contributed by atoms with Crippen molar-refractivity contribution < 1.29 is 35.1 Å². The third-order valence-electron chi connectivity index (χ3n) is 3.40. The van der Waals surface area contributed by atoms with Gasteiger partial charge in [0.05, 0.1) is 6.04 Å². The maximum Gasteiger partial charge on any atom is 0.174 e. The first-order valence-electron chi connectivity index (χ1n) is 6.16. The normalized spacial score (nSPS) is 23.2. The molecule has 114 valence electrons. The van der Waals surface area contributed by atoms with E-state index in [0.29, 0.717) is 16.9 Å². The quantitative estimate of drug-likeness (QED) is 0.416. The van der Waals surface area contributed by atoms with Crippen molar-refractivity contribution in [1.29, 1.82) is 0 Å². The molecule has 0 spiro atoms. The van der Waals surface area contributed by atoms with Gasteiger partial charge in [0, 0.05) is 38.1 Å². The molecule has 1 aromatic rings. The summed E-state index contributed by atoms with van der Waals surface area (Å²) in [6.45, 7) is 3.72. The summed E-state index contributed by atoms with van der Waals surface area (Å²) in [6.07, 6.45) is -0.823. The molecule has 20 heavy (non-hydrogen) atoms. The minimum Gasteiger partial charge on any atom is -0.485 e. The number of carbonyl (C=O) groups excluding carboxylic acids is 1. The van der Waals surface area contributed by atoms with Crippen LogP contribution in [0.4, 0.5) is 0 Å². The number of aliphatic hydroxyl groups excluding tert-OH is 1. The fourth-order valence-corrected chi connectivity index (χ4v) is 2.24. The van der Waals surface area contributed by atoms with Crippen molar-refractivity contribution in [2.75, 3.05) is 6.54 Å². The van der Waals surface area contributed by atoms with Crippen molar-refractivity contribution in [2.24, 2.45) is 5.73 Å². The van der Waals surface area contributed by atoms with E-state index in [1.165, 1.54) is 0 Å². The van der Waals surface area contributed by atoms with Crippen LogP contribution in [-0.4, -0.2) is 29.1 Å². The molecule has 1 heterocycles. The summed E-state index contributed by atoms with van der Waals surface area (Å²) in [5, 5.41) is 12.7. The number of fused-ring (bicyclic) bond motifs is 1. The minimum atomic E-state index is -0.823. The van der Waals surface area contributed by atoms with Crippen molar-refractivity contribution >= 4 is 5.78 Å². The van der Waals surface area contributed by atoms with Crippen LogP contribution in [0.3, 0.4) is 0 Å². The van der Waals surface area contributed by atoms with E-state index in [1.807, 2.05) is 0 Å². The smallest absolute Gasteiger partial charge is 0.174 e. The molecule has 5 nitrogen and oxygen atoms in total. The molecule has 0 aliphatic carbocycles. The van der Waals surface area contributed by atoms with Crippen LogP contribution in [0.5, 0.6) is 5.75 Å². The average molecular weight is 370 g/mol. The van der Waals surface area contributed by atoms with Gasteiger partial charge in [0.15, 0.2) is 5.78 Å². The fraction of sp³-hybridized carbons (Fsp3) is 0.429. The molecule has 0 bridgehead atoms. The number of carbonyl (C=O) groups is 1.